The third-order valence-corrected chi connectivity index (χ3v) is 3.42. The van der Waals surface area contributed by atoms with E-state index in [1.165, 1.54) is 0 Å². The number of hydrogen-bond acceptors (Lipinski definition) is 4. The summed E-state index contributed by atoms with van der Waals surface area (Å²) in [5.74, 6) is 0.0335. The first-order valence-electron chi connectivity index (χ1n) is 6.37. The molecule has 0 heterocycles. The number of alkyl halides is 1. The molecule has 1 N–H and O–H groups in total. The van der Waals surface area contributed by atoms with Gasteiger partial charge < -0.3 is 14.6 Å². The van der Waals surface area contributed by atoms with Crippen molar-refractivity contribution >= 4 is 21.7 Å². The van der Waals surface area contributed by atoms with E-state index < -0.39 is 5.01 Å². The van der Waals surface area contributed by atoms with Gasteiger partial charge in [0.1, 0.15) is 12.5 Å². The molecule has 21 heavy (non-hydrogen) atoms. The standard InChI is InChI=1S/C16H15BrO4/c17-16(15(19)13-6-2-1-3-7-13)21-11-20-10-12-5-4-8-14(18)9-12/h1-9,16,18H,10-11H2. The van der Waals surface area contributed by atoms with Crippen LogP contribution in [-0.4, -0.2) is 22.7 Å². The van der Waals surface area contributed by atoms with Gasteiger partial charge >= 0.3 is 0 Å². The van der Waals surface area contributed by atoms with Crippen LogP contribution in [0.2, 0.25) is 0 Å². The Balaban J connectivity index is 1.74. The summed E-state index contributed by atoms with van der Waals surface area (Å²) in [5.41, 5.74) is 1.41. The second-order valence-electron chi connectivity index (χ2n) is 4.35. The molecule has 0 spiro atoms. The van der Waals surface area contributed by atoms with Crippen LogP contribution in [0.4, 0.5) is 0 Å². The van der Waals surface area contributed by atoms with Gasteiger partial charge in [-0.05, 0) is 33.6 Å². The Hall–Kier alpha value is -1.69. The smallest absolute Gasteiger partial charge is 0.202 e. The molecular weight excluding hydrogens is 336 g/mol. The zero-order valence-electron chi connectivity index (χ0n) is 11.2. The fourth-order valence-corrected chi connectivity index (χ4v) is 2.10. The Labute approximate surface area is 131 Å². The van der Waals surface area contributed by atoms with Crippen LogP contribution < -0.4 is 0 Å². The average Bonchev–Trinajstić information content (AvgIpc) is 2.51. The first-order valence-corrected chi connectivity index (χ1v) is 7.29. The van der Waals surface area contributed by atoms with Crippen molar-refractivity contribution in [2.75, 3.05) is 6.79 Å². The highest BCUT2D eigenvalue weighted by molar-refractivity contribution is 9.09. The lowest BCUT2D eigenvalue weighted by atomic mass is 10.1. The van der Waals surface area contributed by atoms with E-state index >= 15 is 0 Å². The van der Waals surface area contributed by atoms with E-state index in [0.29, 0.717) is 12.2 Å². The number of ether oxygens (including phenoxy) is 2. The van der Waals surface area contributed by atoms with Crippen LogP contribution in [0.1, 0.15) is 15.9 Å². The van der Waals surface area contributed by atoms with Gasteiger partial charge in [-0.25, -0.2) is 0 Å². The van der Waals surface area contributed by atoms with E-state index in [9.17, 15) is 9.90 Å². The van der Waals surface area contributed by atoms with E-state index in [-0.39, 0.29) is 18.3 Å². The molecule has 2 rings (SSSR count). The molecule has 2 aromatic rings. The maximum Gasteiger partial charge on any atom is 0.202 e. The van der Waals surface area contributed by atoms with Gasteiger partial charge in [0.25, 0.3) is 0 Å². The largest absolute Gasteiger partial charge is 0.508 e. The van der Waals surface area contributed by atoms with Crippen LogP contribution in [0, 0.1) is 0 Å². The molecule has 0 saturated carbocycles. The van der Waals surface area contributed by atoms with Crippen LogP contribution in [-0.2, 0) is 16.1 Å². The van der Waals surface area contributed by atoms with Crippen molar-refractivity contribution in [1.82, 2.24) is 0 Å². The summed E-state index contributed by atoms with van der Waals surface area (Å²) in [7, 11) is 0. The van der Waals surface area contributed by atoms with Crippen LogP contribution in [0.25, 0.3) is 0 Å². The molecule has 0 radical (unpaired) electrons. The van der Waals surface area contributed by atoms with E-state index in [4.69, 9.17) is 9.47 Å². The summed E-state index contributed by atoms with van der Waals surface area (Å²) >= 11 is 3.19. The number of benzene rings is 2. The third kappa shape index (κ3) is 4.97. The van der Waals surface area contributed by atoms with Crippen molar-refractivity contribution in [2.24, 2.45) is 0 Å². The molecule has 0 aromatic heterocycles. The predicted molar refractivity (Wildman–Crippen MR) is 82.3 cm³/mol. The lowest BCUT2D eigenvalue weighted by molar-refractivity contribution is -0.0618. The summed E-state index contributed by atoms with van der Waals surface area (Å²) in [5, 5.41) is 8.57. The minimum Gasteiger partial charge on any atom is -0.508 e. The van der Waals surface area contributed by atoms with Gasteiger partial charge in [-0.15, -0.1) is 0 Å². The summed E-state index contributed by atoms with van der Waals surface area (Å²) in [6.07, 6.45) is 0. The molecule has 0 amide bonds. The molecule has 0 aliphatic heterocycles. The molecule has 0 fully saturated rings. The normalized spacial score (nSPS) is 12.0. The maximum atomic E-state index is 12.0. The number of carbonyl (C=O) groups is 1. The van der Waals surface area contributed by atoms with Crippen LogP contribution in [0.15, 0.2) is 54.6 Å². The van der Waals surface area contributed by atoms with Crippen LogP contribution in [0.3, 0.4) is 0 Å². The predicted octanol–water partition coefficient (Wildman–Crippen LogP) is 3.49. The molecule has 2 aromatic carbocycles. The minimum atomic E-state index is -0.746. The number of Topliss-reactive ketones (excluding diaryl/α,β-unsaturated/α-hetero) is 1. The van der Waals surface area contributed by atoms with Gasteiger partial charge in [0.2, 0.25) is 5.78 Å². The quantitative estimate of drug-likeness (QED) is 0.359. The first-order chi connectivity index (χ1) is 10.2. The van der Waals surface area contributed by atoms with Crippen molar-refractivity contribution in [3.8, 4) is 5.75 Å². The zero-order chi connectivity index (χ0) is 15.1. The Morgan fingerprint density at radius 2 is 1.90 bits per heavy atom. The van der Waals surface area contributed by atoms with Crippen molar-refractivity contribution in [3.05, 3.63) is 65.7 Å². The van der Waals surface area contributed by atoms with Gasteiger partial charge in [0, 0.05) is 5.56 Å². The molecule has 0 saturated heterocycles. The second-order valence-corrected chi connectivity index (χ2v) is 5.18. The van der Waals surface area contributed by atoms with E-state index in [1.54, 1.807) is 42.5 Å². The molecule has 0 aliphatic carbocycles. The zero-order valence-corrected chi connectivity index (χ0v) is 12.8. The number of halogens is 1. The van der Waals surface area contributed by atoms with E-state index in [1.807, 2.05) is 12.1 Å². The molecular formula is C16H15BrO4. The Morgan fingerprint density at radius 3 is 2.62 bits per heavy atom. The molecule has 5 heteroatoms. The van der Waals surface area contributed by atoms with E-state index in [0.717, 1.165) is 5.56 Å². The molecule has 0 bridgehead atoms. The van der Waals surface area contributed by atoms with Crippen molar-refractivity contribution < 1.29 is 19.4 Å². The molecule has 110 valence electrons. The fraction of sp³-hybridized carbons (Fsp3) is 0.188. The van der Waals surface area contributed by atoms with Crippen LogP contribution in [0.5, 0.6) is 5.75 Å². The highest BCUT2D eigenvalue weighted by atomic mass is 79.9. The van der Waals surface area contributed by atoms with Gasteiger partial charge in [-0.2, -0.15) is 0 Å². The third-order valence-electron chi connectivity index (χ3n) is 2.74. The molecule has 4 nitrogen and oxygen atoms in total. The molecule has 1 unspecified atom stereocenters. The Bertz CT molecular complexity index is 586. The number of carbonyl (C=O) groups excluding carboxylic acids is 1. The highest BCUT2D eigenvalue weighted by Gasteiger charge is 2.16. The summed E-state index contributed by atoms with van der Waals surface area (Å²) in [4.78, 5) is 12.0. The number of aromatic hydroxyl groups is 1. The van der Waals surface area contributed by atoms with E-state index in [2.05, 4.69) is 15.9 Å². The fourth-order valence-electron chi connectivity index (χ4n) is 1.72. The Morgan fingerprint density at radius 1 is 1.14 bits per heavy atom. The lowest BCUT2D eigenvalue weighted by Gasteiger charge is -2.11. The van der Waals surface area contributed by atoms with Crippen molar-refractivity contribution in [3.63, 3.8) is 0 Å². The average molecular weight is 351 g/mol. The highest BCUT2D eigenvalue weighted by Crippen LogP contribution is 2.13. The van der Waals surface area contributed by atoms with Crippen molar-refractivity contribution in [1.29, 1.82) is 0 Å². The second kappa shape index (κ2) is 7.93. The number of hydrogen-bond donors (Lipinski definition) is 1. The number of phenols is 1. The van der Waals surface area contributed by atoms with Gasteiger partial charge in [0.15, 0.2) is 5.01 Å². The topological polar surface area (TPSA) is 55.8 Å². The minimum absolute atomic E-state index is 0.0237. The van der Waals surface area contributed by atoms with Gasteiger partial charge in [-0.1, -0.05) is 42.5 Å². The number of phenolic OH excluding ortho intramolecular Hbond substituents is 1. The molecule has 0 aliphatic rings. The monoisotopic (exact) mass is 350 g/mol. The Kier molecular flexibility index (Phi) is 5.92. The molecule has 1 atom stereocenters. The number of ketones is 1. The lowest BCUT2D eigenvalue weighted by Crippen LogP contribution is -2.19. The van der Waals surface area contributed by atoms with Crippen LogP contribution >= 0.6 is 15.9 Å². The van der Waals surface area contributed by atoms with Crippen molar-refractivity contribution in [2.45, 2.75) is 11.6 Å². The summed E-state index contributed by atoms with van der Waals surface area (Å²) in [6, 6.07) is 15.7. The summed E-state index contributed by atoms with van der Waals surface area (Å²) < 4.78 is 10.6. The first kappa shape index (κ1) is 15.7. The van der Waals surface area contributed by atoms with Gasteiger partial charge in [0.05, 0.1) is 6.61 Å². The SMILES string of the molecule is O=C(c1ccccc1)C(Br)OCOCc1cccc(O)c1. The van der Waals surface area contributed by atoms with Gasteiger partial charge in [-0.3, -0.25) is 4.79 Å². The summed E-state index contributed by atoms with van der Waals surface area (Å²) in [6.45, 7) is 0.276. The number of rotatable bonds is 7. The maximum absolute atomic E-state index is 12.0.